The highest BCUT2D eigenvalue weighted by Gasteiger charge is 2.49. The minimum Gasteiger partial charge on any atom is -0.383 e. The van der Waals surface area contributed by atoms with Crippen LogP contribution in [0.4, 0.5) is 5.69 Å². The Morgan fingerprint density at radius 1 is 1.44 bits per heavy atom. The number of fused-ring (bicyclic) bond motifs is 1. The van der Waals surface area contributed by atoms with Crippen LogP contribution in [0.1, 0.15) is 18.4 Å². The van der Waals surface area contributed by atoms with Crippen LogP contribution in [0, 0.1) is 11.3 Å². The molecule has 0 bridgehead atoms. The summed E-state index contributed by atoms with van der Waals surface area (Å²) in [4.78, 5) is 14.2. The number of hydrogen-bond donors (Lipinski definition) is 0. The zero-order chi connectivity index (χ0) is 13.2. The zero-order valence-corrected chi connectivity index (χ0v) is 10.6. The molecule has 0 fully saturated rings. The molecule has 94 valence electrons. The van der Waals surface area contributed by atoms with Crippen molar-refractivity contribution in [3.8, 4) is 6.07 Å². The maximum absolute atomic E-state index is 12.5. The Labute approximate surface area is 107 Å². The fourth-order valence-electron chi connectivity index (χ4n) is 2.69. The van der Waals surface area contributed by atoms with Gasteiger partial charge in [-0.25, -0.2) is 0 Å². The highest BCUT2D eigenvalue weighted by molar-refractivity contribution is 6.07. The van der Waals surface area contributed by atoms with Crippen LogP contribution in [-0.4, -0.2) is 26.7 Å². The molecule has 1 unspecified atom stereocenters. The van der Waals surface area contributed by atoms with Crippen molar-refractivity contribution < 1.29 is 9.53 Å². The lowest BCUT2D eigenvalue weighted by molar-refractivity contribution is -0.125. The van der Waals surface area contributed by atoms with Gasteiger partial charge in [0.25, 0.3) is 0 Å². The maximum atomic E-state index is 12.5. The number of anilines is 1. The van der Waals surface area contributed by atoms with Crippen molar-refractivity contribution in [1.29, 1.82) is 5.26 Å². The molecule has 0 spiro atoms. The van der Waals surface area contributed by atoms with Crippen molar-refractivity contribution in [2.75, 3.05) is 25.7 Å². The molecule has 2 rings (SSSR count). The van der Waals surface area contributed by atoms with Crippen LogP contribution >= 0.6 is 0 Å². The largest absolute Gasteiger partial charge is 0.383 e. The van der Waals surface area contributed by atoms with Crippen LogP contribution in [0.3, 0.4) is 0 Å². The molecule has 1 aromatic carbocycles. The number of methoxy groups -OCH3 is 1. The second-order valence-corrected chi connectivity index (χ2v) is 4.55. The van der Waals surface area contributed by atoms with Crippen molar-refractivity contribution >= 4 is 11.6 Å². The van der Waals surface area contributed by atoms with E-state index in [-0.39, 0.29) is 5.91 Å². The summed E-state index contributed by atoms with van der Waals surface area (Å²) in [5.41, 5.74) is 1.18. The maximum Gasteiger partial charge on any atom is 0.239 e. The van der Waals surface area contributed by atoms with Crippen LogP contribution in [-0.2, 0) is 14.9 Å². The highest BCUT2D eigenvalue weighted by Crippen LogP contribution is 2.44. The van der Waals surface area contributed by atoms with E-state index in [4.69, 9.17) is 10.00 Å². The normalized spacial score (nSPS) is 21.8. The number of nitrogens with zero attached hydrogens (tertiary/aromatic N) is 2. The Morgan fingerprint density at radius 3 is 2.83 bits per heavy atom. The molecule has 1 aliphatic heterocycles. The molecule has 0 N–H and O–H groups in total. The lowest BCUT2D eigenvalue weighted by Crippen LogP contribution is -2.42. The van der Waals surface area contributed by atoms with Gasteiger partial charge < -0.3 is 9.64 Å². The number of benzene rings is 1. The quantitative estimate of drug-likeness (QED) is 0.812. The summed E-state index contributed by atoms with van der Waals surface area (Å²) in [5.74, 6) is 0.0146. The average molecular weight is 244 g/mol. The third-order valence-corrected chi connectivity index (χ3v) is 3.55. The van der Waals surface area contributed by atoms with Crippen molar-refractivity contribution in [2.45, 2.75) is 18.3 Å². The molecule has 1 heterocycles. The van der Waals surface area contributed by atoms with Crippen LogP contribution in [0.15, 0.2) is 24.3 Å². The average Bonchev–Trinajstić information content (AvgIpc) is 2.61. The number of ether oxygens (including phenoxy) is 1. The van der Waals surface area contributed by atoms with Gasteiger partial charge in [-0.2, -0.15) is 5.26 Å². The number of amides is 1. The molecule has 4 heteroatoms. The number of likely N-dealkylation sites (N-methyl/N-ethyl adjacent to an activating group) is 1. The number of hydrogen-bond acceptors (Lipinski definition) is 3. The second-order valence-electron chi connectivity index (χ2n) is 4.55. The van der Waals surface area contributed by atoms with E-state index < -0.39 is 5.41 Å². The highest BCUT2D eigenvalue weighted by atomic mass is 16.5. The molecule has 1 atom stereocenters. The van der Waals surface area contributed by atoms with Crippen molar-refractivity contribution in [3.63, 3.8) is 0 Å². The van der Waals surface area contributed by atoms with E-state index in [9.17, 15) is 4.79 Å². The monoisotopic (exact) mass is 244 g/mol. The molecule has 1 amide bonds. The molecule has 1 aromatic rings. The Morgan fingerprint density at radius 2 is 2.17 bits per heavy atom. The first-order chi connectivity index (χ1) is 8.67. The first-order valence-electron chi connectivity index (χ1n) is 5.91. The number of rotatable bonds is 4. The smallest absolute Gasteiger partial charge is 0.239 e. The SMILES string of the molecule is COCC1(CCC#N)C(=O)N(C)c2ccccc21. The molecular weight excluding hydrogens is 228 g/mol. The summed E-state index contributed by atoms with van der Waals surface area (Å²) in [7, 11) is 3.35. The van der Waals surface area contributed by atoms with Gasteiger partial charge in [0.05, 0.1) is 12.7 Å². The summed E-state index contributed by atoms with van der Waals surface area (Å²) < 4.78 is 5.24. The van der Waals surface area contributed by atoms with Gasteiger partial charge in [0.15, 0.2) is 0 Å². The number of para-hydroxylation sites is 1. The van der Waals surface area contributed by atoms with E-state index in [2.05, 4.69) is 6.07 Å². The van der Waals surface area contributed by atoms with E-state index in [1.165, 1.54) is 0 Å². The molecule has 0 saturated carbocycles. The third kappa shape index (κ3) is 1.68. The number of nitriles is 1. The summed E-state index contributed by atoms with van der Waals surface area (Å²) in [5, 5.41) is 8.79. The summed E-state index contributed by atoms with van der Waals surface area (Å²) >= 11 is 0. The summed E-state index contributed by atoms with van der Waals surface area (Å²) in [6.07, 6.45) is 0.842. The van der Waals surface area contributed by atoms with Gasteiger partial charge in [-0.15, -0.1) is 0 Å². The van der Waals surface area contributed by atoms with E-state index in [1.54, 1.807) is 19.1 Å². The molecule has 0 radical (unpaired) electrons. The van der Waals surface area contributed by atoms with Gasteiger partial charge in [0.2, 0.25) is 5.91 Å². The van der Waals surface area contributed by atoms with Gasteiger partial charge in [-0.05, 0) is 18.1 Å². The molecule has 18 heavy (non-hydrogen) atoms. The van der Waals surface area contributed by atoms with E-state index in [0.29, 0.717) is 19.4 Å². The molecule has 4 nitrogen and oxygen atoms in total. The minimum atomic E-state index is -0.699. The predicted molar refractivity (Wildman–Crippen MR) is 68.3 cm³/mol. The molecule has 0 saturated heterocycles. The predicted octanol–water partition coefficient (Wildman–Crippen LogP) is 1.85. The fraction of sp³-hybridized carbons (Fsp3) is 0.429. The topological polar surface area (TPSA) is 53.3 Å². The fourth-order valence-corrected chi connectivity index (χ4v) is 2.69. The Balaban J connectivity index is 2.52. The van der Waals surface area contributed by atoms with Crippen LogP contribution < -0.4 is 4.90 Å². The second kappa shape index (κ2) is 4.79. The zero-order valence-electron chi connectivity index (χ0n) is 10.6. The standard InChI is InChI=1S/C14H16N2O2/c1-16-12-7-4-3-6-11(12)14(10-18-2,13(16)17)8-5-9-15/h3-4,6-7H,5,8,10H2,1-2H3. The van der Waals surface area contributed by atoms with Gasteiger partial charge in [-0.3, -0.25) is 4.79 Å². The molecule has 0 aromatic heterocycles. The van der Waals surface area contributed by atoms with Crippen molar-refractivity contribution in [1.82, 2.24) is 0 Å². The Bertz CT molecular complexity index is 507. The van der Waals surface area contributed by atoms with E-state index in [0.717, 1.165) is 11.3 Å². The van der Waals surface area contributed by atoms with Crippen molar-refractivity contribution in [2.24, 2.45) is 0 Å². The molecular formula is C14H16N2O2. The van der Waals surface area contributed by atoms with Gasteiger partial charge in [-0.1, -0.05) is 18.2 Å². The Kier molecular flexibility index (Phi) is 3.35. The summed E-state index contributed by atoms with van der Waals surface area (Å²) in [6, 6.07) is 9.83. The first kappa shape index (κ1) is 12.6. The van der Waals surface area contributed by atoms with E-state index >= 15 is 0 Å². The molecule has 1 aliphatic rings. The number of carbonyl (C=O) groups is 1. The Hall–Kier alpha value is -1.86. The van der Waals surface area contributed by atoms with Crippen molar-refractivity contribution in [3.05, 3.63) is 29.8 Å². The lowest BCUT2D eigenvalue weighted by Gasteiger charge is -2.26. The summed E-state index contributed by atoms with van der Waals surface area (Å²) in [6.45, 7) is 0.314. The third-order valence-electron chi connectivity index (χ3n) is 3.55. The van der Waals surface area contributed by atoms with Gasteiger partial charge in [0.1, 0.15) is 5.41 Å². The van der Waals surface area contributed by atoms with Gasteiger partial charge >= 0.3 is 0 Å². The van der Waals surface area contributed by atoms with Crippen LogP contribution in [0.25, 0.3) is 0 Å². The van der Waals surface area contributed by atoms with Crippen LogP contribution in [0.5, 0.6) is 0 Å². The first-order valence-corrected chi connectivity index (χ1v) is 5.91. The lowest BCUT2D eigenvalue weighted by atomic mass is 9.78. The van der Waals surface area contributed by atoms with E-state index in [1.807, 2.05) is 24.3 Å². The molecule has 0 aliphatic carbocycles. The minimum absolute atomic E-state index is 0.0146. The van der Waals surface area contributed by atoms with Gasteiger partial charge in [0, 0.05) is 26.3 Å². The number of carbonyl (C=O) groups excluding carboxylic acids is 1. The van der Waals surface area contributed by atoms with Crippen LogP contribution in [0.2, 0.25) is 0 Å².